The standard InChI is InChI=1S/C13H18N2S/c1-3-13(6-4-5-7-13)12-9(2)11(15)10(8-14)16-12/h3-7,15H2,1-2H3. The smallest absolute Gasteiger partial charge is 0.128 e. The molecule has 0 unspecified atom stereocenters. The van der Waals surface area contributed by atoms with Crippen LogP contribution in [0.25, 0.3) is 0 Å². The van der Waals surface area contributed by atoms with E-state index < -0.39 is 0 Å². The van der Waals surface area contributed by atoms with Crippen molar-refractivity contribution >= 4 is 17.0 Å². The summed E-state index contributed by atoms with van der Waals surface area (Å²) >= 11 is 1.62. The molecule has 0 amide bonds. The van der Waals surface area contributed by atoms with Crippen molar-refractivity contribution in [3.05, 3.63) is 15.3 Å². The van der Waals surface area contributed by atoms with Gasteiger partial charge in [0.25, 0.3) is 0 Å². The third-order valence-corrected chi connectivity index (χ3v) is 5.47. The minimum Gasteiger partial charge on any atom is -0.397 e. The van der Waals surface area contributed by atoms with Gasteiger partial charge in [-0.2, -0.15) is 5.26 Å². The summed E-state index contributed by atoms with van der Waals surface area (Å²) in [5, 5.41) is 9.04. The van der Waals surface area contributed by atoms with Crippen molar-refractivity contribution in [1.29, 1.82) is 5.26 Å². The number of rotatable bonds is 2. The van der Waals surface area contributed by atoms with Crippen LogP contribution >= 0.6 is 11.3 Å². The molecule has 2 rings (SSSR count). The number of nitriles is 1. The Bertz CT molecular complexity index is 434. The summed E-state index contributed by atoms with van der Waals surface area (Å²) in [6.45, 7) is 4.32. The summed E-state index contributed by atoms with van der Waals surface area (Å²) in [6, 6.07) is 2.21. The molecule has 1 fully saturated rings. The Morgan fingerprint density at radius 1 is 1.44 bits per heavy atom. The highest BCUT2D eigenvalue weighted by atomic mass is 32.1. The summed E-state index contributed by atoms with van der Waals surface area (Å²) in [6.07, 6.45) is 6.31. The zero-order valence-corrected chi connectivity index (χ0v) is 10.8. The van der Waals surface area contributed by atoms with Gasteiger partial charge in [0.1, 0.15) is 10.9 Å². The largest absolute Gasteiger partial charge is 0.397 e. The minimum atomic E-state index is 0.317. The van der Waals surface area contributed by atoms with Crippen molar-refractivity contribution < 1.29 is 0 Å². The average molecular weight is 234 g/mol. The molecule has 1 aliphatic carbocycles. The molecule has 1 aromatic heterocycles. The van der Waals surface area contributed by atoms with Crippen LogP contribution in [-0.4, -0.2) is 0 Å². The fraction of sp³-hybridized carbons (Fsp3) is 0.615. The molecule has 2 nitrogen and oxygen atoms in total. The second kappa shape index (κ2) is 4.10. The maximum atomic E-state index is 9.04. The number of nitrogens with zero attached hydrogens (tertiary/aromatic N) is 1. The molecule has 2 N–H and O–H groups in total. The fourth-order valence-corrected chi connectivity index (χ4v) is 4.25. The molecule has 86 valence electrons. The Kier molecular flexibility index (Phi) is 2.94. The average Bonchev–Trinajstić information content (AvgIpc) is 2.87. The molecule has 16 heavy (non-hydrogen) atoms. The molecule has 0 bridgehead atoms. The fourth-order valence-electron chi connectivity index (χ4n) is 2.91. The van der Waals surface area contributed by atoms with E-state index in [2.05, 4.69) is 19.9 Å². The number of nitrogen functional groups attached to an aromatic ring is 1. The Labute approximate surface area is 101 Å². The van der Waals surface area contributed by atoms with Crippen molar-refractivity contribution in [2.24, 2.45) is 0 Å². The second-order valence-electron chi connectivity index (χ2n) is 4.75. The van der Waals surface area contributed by atoms with Gasteiger partial charge in [-0.3, -0.25) is 0 Å². The topological polar surface area (TPSA) is 49.8 Å². The number of thiophene rings is 1. The zero-order valence-electron chi connectivity index (χ0n) is 9.97. The van der Waals surface area contributed by atoms with Crippen LogP contribution in [0.1, 0.15) is 54.3 Å². The van der Waals surface area contributed by atoms with Gasteiger partial charge in [0.15, 0.2) is 0 Å². The lowest BCUT2D eigenvalue weighted by molar-refractivity contribution is 0.432. The Morgan fingerprint density at radius 3 is 2.50 bits per heavy atom. The molecule has 1 aliphatic rings. The van der Waals surface area contributed by atoms with Gasteiger partial charge in [-0.25, -0.2) is 0 Å². The minimum absolute atomic E-state index is 0.317. The van der Waals surface area contributed by atoms with E-state index in [-0.39, 0.29) is 0 Å². The third-order valence-electron chi connectivity index (χ3n) is 4.01. The van der Waals surface area contributed by atoms with Crippen molar-refractivity contribution in [2.75, 3.05) is 5.73 Å². The van der Waals surface area contributed by atoms with Crippen molar-refractivity contribution in [2.45, 2.75) is 51.4 Å². The second-order valence-corrected chi connectivity index (χ2v) is 5.77. The molecule has 1 saturated carbocycles. The lowest BCUT2D eigenvalue weighted by Gasteiger charge is -2.27. The molecule has 1 heterocycles. The third kappa shape index (κ3) is 1.53. The molecular formula is C13H18N2S. The molecule has 3 heteroatoms. The van der Waals surface area contributed by atoms with E-state index in [1.165, 1.54) is 37.0 Å². The zero-order chi connectivity index (χ0) is 11.8. The molecule has 0 atom stereocenters. The van der Waals surface area contributed by atoms with Crippen LogP contribution in [0, 0.1) is 18.3 Å². The highest BCUT2D eigenvalue weighted by molar-refractivity contribution is 7.13. The maximum absolute atomic E-state index is 9.04. The van der Waals surface area contributed by atoms with E-state index in [0.717, 1.165) is 5.56 Å². The van der Waals surface area contributed by atoms with Gasteiger partial charge >= 0.3 is 0 Å². The van der Waals surface area contributed by atoms with E-state index in [9.17, 15) is 0 Å². The molecule has 0 spiro atoms. The van der Waals surface area contributed by atoms with E-state index >= 15 is 0 Å². The van der Waals surface area contributed by atoms with E-state index in [4.69, 9.17) is 11.0 Å². The Hall–Kier alpha value is -1.01. The van der Waals surface area contributed by atoms with Crippen LogP contribution in [0.15, 0.2) is 0 Å². The van der Waals surface area contributed by atoms with Crippen molar-refractivity contribution in [1.82, 2.24) is 0 Å². The predicted molar refractivity (Wildman–Crippen MR) is 68.6 cm³/mol. The highest BCUT2D eigenvalue weighted by Gasteiger charge is 2.37. The summed E-state index contributed by atoms with van der Waals surface area (Å²) in [7, 11) is 0. The van der Waals surface area contributed by atoms with Gasteiger partial charge < -0.3 is 5.73 Å². The van der Waals surface area contributed by atoms with Gasteiger partial charge in [0.2, 0.25) is 0 Å². The quantitative estimate of drug-likeness (QED) is 0.847. The first kappa shape index (κ1) is 11.5. The van der Waals surface area contributed by atoms with Crippen LogP contribution in [0.5, 0.6) is 0 Å². The van der Waals surface area contributed by atoms with Gasteiger partial charge in [0.05, 0.1) is 5.69 Å². The first-order valence-corrected chi connectivity index (χ1v) is 6.75. The van der Waals surface area contributed by atoms with E-state index in [1.807, 2.05) is 0 Å². The molecule has 0 aliphatic heterocycles. The summed E-state index contributed by atoms with van der Waals surface area (Å²) in [4.78, 5) is 2.08. The van der Waals surface area contributed by atoms with Gasteiger partial charge in [-0.05, 0) is 31.7 Å². The van der Waals surface area contributed by atoms with Crippen LogP contribution < -0.4 is 5.73 Å². The lowest BCUT2D eigenvalue weighted by Crippen LogP contribution is -2.20. The van der Waals surface area contributed by atoms with Crippen LogP contribution in [0.2, 0.25) is 0 Å². The highest BCUT2D eigenvalue weighted by Crippen LogP contribution is 2.49. The van der Waals surface area contributed by atoms with Crippen molar-refractivity contribution in [3.8, 4) is 6.07 Å². The van der Waals surface area contributed by atoms with E-state index in [0.29, 0.717) is 16.0 Å². The first-order chi connectivity index (χ1) is 7.64. The molecular weight excluding hydrogens is 216 g/mol. The molecule has 0 radical (unpaired) electrons. The monoisotopic (exact) mass is 234 g/mol. The lowest BCUT2D eigenvalue weighted by atomic mass is 9.80. The SMILES string of the molecule is CCC1(c2sc(C#N)c(N)c2C)CCCC1. The van der Waals surface area contributed by atoms with Crippen LogP contribution in [-0.2, 0) is 5.41 Å². The summed E-state index contributed by atoms with van der Waals surface area (Å²) in [5.41, 5.74) is 8.17. The van der Waals surface area contributed by atoms with Gasteiger partial charge in [0, 0.05) is 10.3 Å². The number of hydrogen-bond acceptors (Lipinski definition) is 3. The molecule has 0 saturated heterocycles. The van der Waals surface area contributed by atoms with E-state index in [1.54, 1.807) is 11.3 Å². The maximum Gasteiger partial charge on any atom is 0.128 e. The summed E-state index contributed by atoms with van der Waals surface area (Å²) < 4.78 is 0. The van der Waals surface area contributed by atoms with Crippen LogP contribution in [0.4, 0.5) is 5.69 Å². The molecule has 1 aromatic rings. The Morgan fingerprint density at radius 2 is 2.06 bits per heavy atom. The number of nitrogens with two attached hydrogens (primary N) is 1. The Balaban J connectivity index is 2.51. The molecule has 0 aromatic carbocycles. The normalized spacial score (nSPS) is 18.6. The number of anilines is 1. The van der Waals surface area contributed by atoms with Crippen LogP contribution in [0.3, 0.4) is 0 Å². The van der Waals surface area contributed by atoms with Gasteiger partial charge in [-0.1, -0.05) is 19.8 Å². The van der Waals surface area contributed by atoms with Crippen molar-refractivity contribution in [3.63, 3.8) is 0 Å². The van der Waals surface area contributed by atoms with Gasteiger partial charge in [-0.15, -0.1) is 11.3 Å². The number of hydrogen-bond donors (Lipinski definition) is 1. The predicted octanol–water partition coefficient (Wildman–Crippen LogP) is 3.73. The first-order valence-electron chi connectivity index (χ1n) is 5.94. The summed E-state index contributed by atoms with van der Waals surface area (Å²) in [5.74, 6) is 0.